The van der Waals surface area contributed by atoms with E-state index in [0.717, 1.165) is 45.5 Å². The monoisotopic (exact) mass is 332 g/mol. The molecule has 24 heavy (non-hydrogen) atoms. The van der Waals surface area contributed by atoms with Crippen LogP contribution in [0, 0.1) is 5.92 Å². The third-order valence-electron chi connectivity index (χ3n) is 5.75. The van der Waals surface area contributed by atoms with Crippen molar-refractivity contribution in [2.45, 2.75) is 37.7 Å². The smallest absolute Gasteiger partial charge is 0.274 e. The summed E-state index contributed by atoms with van der Waals surface area (Å²) >= 11 is 0. The number of likely N-dealkylation sites (tertiary alicyclic amines) is 2. The summed E-state index contributed by atoms with van der Waals surface area (Å²) in [4.78, 5) is 21.4. The van der Waals surface area contributed by atoms with Gasteiger partial charge >= 0.3 is 0 Å². The van der Waals surface area contributed by atoms with Crippen LogP contribution in [-0.4, -0.2) is 70.2 Å². The molecule has 4 heterocycles. The van der Waals surface area contributed by atoms with E-state index < -0.39 is 0 Å². The lowest BCUT2D eigenvalue weighted by molar-refractivity contribution is -0.0451. The minimum atomic E-state index is -0.118. The van der Waals surface area contributed by atoms with Crippen molar-refractivity contribution in [2.24, 2.45) is 13.0 Å². The van der Waals surface area contributed by atoms with Gasteiger partial charge in [0.05, 0.1) is 25.1 Å². The Kier molecular flexibility index (Phi) is 4.35. The number of hydrogen-bond acceptors (Lipinski definition) is 4. The Morgan fingerprint density at radius 3 is 2.92 bits per heavy atom. The minimum Gasteiger partial charge on any atom is -0.373 e. The number of amides is 1. The molecule has 1 spiro atoms. The molecule has 2 atom stereocenters. The van der Waals surface area contributed by atoms with Gasteiger partial charge in [-0.1, -0.05) is 0 Å². The molecule has 1 aromatic heterocycles. The minimum absolute atomic E-state index is 0.0428. The van der Waals surface area contributed by atoms with E-state index in [0.29, 0.717) is 11.6 Å². The molecule has 0 aromatic carbocycles. The number of piperidine rings is 1. The molecule has 4 rings (SSSR count). The van der Waals surface area contributed by atoms with Crippen LogP contribution in [-0.2, 0) is 11.8 Å². The van der Waals surface area contributed by atoms with Crippen LogP contribution in [0.3, 0.4) is 0 Å². The maximum atomic E-state index is 12.7. The van der Waals surface area contributed by atoms with Crippen LogP contribution >= 0.6 is 0 Å². The Bertz CT molecular complexity index is 596. The molecule has 3 aliphatic rings. The van der Waals surface area contributed by atoms with Gasteiger partial charge in [-0.15, -0.1) is 0 Å². The van der Waals surface area contributed by atoms with E-state index in [4.69, 9.17) is 4.74 Å². The van der Waals surface area contributed by atoms with Gasteiger partial charge in [0.2, 0.25) is 0 Å². The number of rotatable bonds is 3. The Labute approximate surface area is 143 Å². The number of nitrogens with zero attached hydrogens (tertiary/aromatic N) is 4. The molecule has 0 unspecified atom stereocenters. The molecular formula is C18H28N4O2. The lowest BCUT2D eigenvalue weighted by Crippen LogP contribution is -2.50. The van der Waals surface area contributed by atoms with Gasteiger partial charge in [-0.05, 0) is 51.1 Å². The first kappa shape index (κ1) is 16.1. The van der Waals surface area contributed by atoms with Crippen LogP contribution in [0.15, 0.2) is 12.5 Å². The van der Waals surface area contributed by atoms with Crippen molar-refractivity contribution in [3.63, 3.8) is 0 Å². The molecule has 1 amide bonds. The van der Waals surface area contributed by atoms with Crippen molar-refractivity contribution in [1.29, 1.82) is 0 Å². The lowest BCUT2D eigenvalue weighted by Gasteiger charge is -2.39. The number of carbonyl (C=O) groups excluding carboxylic acids is 1. The summed E-state index contributed by atoms with van der Waals surface area (Å²) < 4.78 is 8.10. The summed E-state index contributed by atoms with van der Waals surface area (Å²) in [6, 6.07) is 0. The quantitative estimate of drug-likeness (QED) is 0.842. The lowest BCUT2D eigenvalue weighted by atomic mass is 9.86. The number of aryl methyl sites for hydroxylation is 1. The molecule has 3 fully saturated rings. The highest BCUT2D eigenvalue weighted by atomic mass is 16.5. The third-order valence-corrected chi connectivity index (χ3v) is 5.75. The summed E-state index contributed by atoms with van der Waals surface area (Å²) in [5.41, 5.74) is 0.425. The van der Waals surface area contributed by atoms with Crippen LogP contribution in [0.2, 0.25) is 0 Å². The van der Waals surface area contributed by atoms with Gasteiger partial charge in [0.15, 0.2) is 0 Å². The molecule has 6 nitrogen and oxygen atoms in total. The summed E-state index contributed by atoms with van der Waals surface area (Å²) in [6.07, 6.45) is 9.36. The summed E-state index contributed by atoms with van der Waals surface area (Å²) in [6.45, 7) is 6.04. The van der Waals surface area contributed by atoms with Crippen molar-refractivity contribution in [3.05, 3.63) is 18.2 Å². The normalized spacial score (nSPS) is 31.2. The van der Waals surface area contributed by atoms with E-state index >= 15 is 0 Å². The SMILES string of the molecule is Cn1cnc(C(=O)N2CCC[C@@]3(C[C@H](CN4CCCC4)CO3)C2)c1. The molecule has 0 radical (unpaired) electrons. The van der Waals surface area contributed by atoms with Crippen LogP contribution in [0.1, 0.15) is 42.6 Å². The number of hydrogen-bond donors (Lipinski definition) is 0. The summed E-state index contributed by atoms with van der Waals surface area (Å²) in [5, 5.41) is 0. The van der Waals surface area contributed by atoms with Crippen molar-refractivity contribution < 1.29 is 9.53 Å². The van der Waals surface area contributed by atoms with E-state index in [1.165, 1.54) is 25.9 Å². The van der Waals surface area contributed by atoms with Crippen LogP contribution < -0.4 is 0 Å². The second-order valence-electron chi connectivity index (χ2n) is 7.83. The fourth-order valence-electron chi connectivity index (χ4n) is 4.63. The second-order valence-corrected chi connectivity index (χ2v) is 7.83. The molecule has 0 bridgehead atoms. The third kappa shape index (κ3) is 3.22. The average molecular weight is 332 g/mol. The maximum absolute atomic E-state index is 12.7. The predicted octanol–water partition coefficient (Wildman–Crippen LogP) is 1.53. The predicted molar refractivity (Wildman–Crippen MR) is 90.8 cm³/mol. The van der Waals surface area contributed by atoms with E-state index in [-0.39, 0.29) is 11.5 Å². The van der Waals surface area contributed by atoms with Gasteiger partial charge in [0.25, 0.3) is 5.91 Å². The summed E-state index contributed by atoms with van der Waals surface area (Å²) in [5.74, 6) is 0.661. The first-order valence-electron chi connectivity index (χ1n) is 9.27. The zero-order chi connectivity index (χ0) is 16.6. The van der Waals surface area contributed by atoms with E-state index in [2.05, 4.69) is 9.88 Å². The Morgan fingerprint density at radius 1 is 1.33 bits per heavy atom. The number of ether oxygens (including phenoxy) is 1. The summed E-state index contributed by atoms with van der Waals surface area (Å²) in [7, 11) is 1.89. The molecule has 132 valence electrons. The van der Waals surface area contributed by atoms with Gasteiger partial charge < -0.3 is 19.1 Å². The fourth-order valence-corrected chi connectivity index (χ4v) is 4.63. The van der Waals surface area contributed by atoms with Crippen LogP contribution in [0.4, 0.5) is 0 Å². The average Bonchev–Trinajstić information content (AvgIpc) is 3.30. The molecule has 0 saturated carbocycles. The van der Waals surface area contributed by atoms with Gasteiger partial charge in [-0.25, -0.2) is 4.98 Å². The molecule has 0 aliphatic carbocycles. The molecule has 3 saturated heterocycles. The topological polar surface area (TPSA) is 50.6 Å². The largest absolute Gasteiger partial charge is 0.373 e. The standard InChI is InChI=1S/C18H28N4O2/c1-20-11-16(19-14-20)17(23)22-8-4-5-18(13-22)9-15(12-24-18)10-21-6-2-3-7-21/h11,14-15H,2-10,12-13H2,1H3/t15-,18-/m1/s1. The Balaban J connectivity index is 1.38. The zero-order valence-corrected chi connectivity index (χ0v) is 14.6. The number of carbonyl (C=O) groups is 1. The van der Waals surface area contributed by atoms with Gasteiger partial charge in [-0.2, -0.15) is 0 Å². The van der Waals surface area contributed by atoms with Crippen LogP contribution in [0.5, 0.6) is 0 Å². The molecule has 6 heteroatoms. The van der Waals surface area contributed by atoms with Crippen molar-refractivity contribution in [3.8, 4) is 0 Å². The number of imidazole rings is 1. The molecular weight excluding hydrogens is 304 g/mol. The van der Waals surface area contributed by atoms with Crippen molar-refractivity contribution >= 4 is 5.91 Å². The highest BCUT2D eigenvalue weighted by Crippen LogP contribution is 2.38. The van der Waals surface area contributed by atoms with E-state index in [1.54, 1.807) is 12.5 Å². The van der Waals surface area contributed by atoms with E-state index in [1.807, 2.05) is 16.5 Å². The zero-order valence-electron chi connectivity index (χ0n) is 14.6. The molecule has 3 aliphatic heterocycles. The van der Waals surface area contributed by atoms with Crippen molar-refractivity contribution in [2.75, 3.05) is 39.3 Å². The Hall–Kier alpha value is -1.40. The highest BCUT2D eigenvalue weighted by Gasteiger charge is 2.45. The van der Waals surface area contributed by atoms with Gasteiger partial charge in [0, 0.05) is 26.3 Å². The molecule has 1 aromatic rings. The van der Waals surface area contributed by atoms with Crippen molar-refractivity contribution in [1.82, 2.24) is 19.4 Å². The van der Waals surface area contributed by atoms with Gasteiger partial charge in [-0.3, -0.25) is 4.79 Å². The van der Waals surface area contributed by atoms with Gasteiger partial charge in [0.1, 0.15) is 5.69 Å². The first-order chi connectivity index (χ1) is 11.6. The molecule has 0 N–H and O–H groups in total. The second kappa shape index (κ2) is 6.48. The fraction of sp³-hybridized carbons (Fsp3) is 0.778. The maximum Gasteiger partial charge on any atom is 0.274 e. The first-order valence-corrected chi connectivity index (χ1v) is 9.27. The highest BCUT2D eigenvalue weighted by molar-refractivity contribution is 5.92. The van der Waals surface area contributed by atoms with E-state index in [9.17, 15) is 4.79 Å². The Morgan fingerprint density at radius 2 is 2.17 bits per heavy atom. The van der Waals surface area contributed by atoms with Crippen LogP contribution in [0.25, 0.3) is 0 Å². The number of aromatic nitrogens is 2.